The van der Waals surface area contributed by atoms with Gasteiger partial charge in [0.05, 0.1) is 11.7 Å². The van der Waals surface area contributed by atoms with Crippen molar-refractivity contribution in [1.82, 2.24) is 20.6 Å². The number of carbonyl (C=O) groups is 1. The van der Waals surface area contributed by atoms with E-state index >= 15 is 0 Å². The van der Waals surface area contributed by atoms with Crippen LogP contribution < -0.4 is 16.2 Å². The smallest absolute Gasteiger partial charge is 0.252 e. The third-order valence-corrected chi connectivity index (χ3v) is 4.27. The highest BCUT2D eigenvalue weighted by Gasteiger charge is 2.24. The van der Waals surface area contributed by atoms with Crippen molar-refractivity contribution < 1.29 is 9.90 Å². The van der Waals surface area contributed by atoms with Crippen LogP contribution in [-0.2, 0) is 4.79 Å². The molecule has 2 heterocycles. The first-order valence-electron chi connectivity index (χ1n) is 8.22. The Bertz CT molecular complexity index is 939. The Balaban J connectivity index is 1.65. The van der Waals surface area contributed by atoms with Crippen molar-refractivity contribution in [2.45, 2.75) is 19.1 Å². The summed E-state index contributed by atoms with van der Waals surface area (Å²) in [4.78, 5) is 15.9. The predicted molar refractivity (Wildman–Crippen MR) is 97.2 cm³/mol. The highest BCUT2D eigenvalue weighted by Crippen LogP contribution is 2.36. The number of carbonyl (C=O) groups excluding carboxylic acids is 1. The number of nitrogens with one attached hydrogen (secondary N) is 4. The molecule has 0 radical (unpaired) electrons. The molecule has 3 aromatic rings. The molecule has 132 valence electrons. The summed E-state index contributed by atoms with van der Waals surface area (Å²) < 4.78 is 0. The minimum atomic E-state index is -1.06. The number of aliphatic hydroxyl groups is 1. The zero-order valence-electron chi connectivity index (χ0n) is 14.0. The number of aromatic nitrogens is 3. The van der Waals surface area contributed by atoms with Crippen LogP contribution >= 0.6 is 0 Å². The van der Waals surface area contributed by atoms with Gasteiger partial charge in [0.25, 0.3) is 5.91 Å². The summed E-state index contributed by atoms with van der Waals surface area (Å²) in [6.07, 6.45) is 0.417. The molecule has 8 heteroatoms. The lowest BCUT2D eigenvalue weighted by Crippen LogP contribution is -2.24. The van der Waals surface area contributed by atoms with E-state index in [-0.39, 0.29) is 6.04 Å². The lowest BCUT2D eigenvalue weighted by molar-refractivity contribution is -0.123. The second-order valence-electron chi connectivity index (χ2n) is 6.13. The minimum Gasteiger partial charge on any atom is -0.384 e. The quantitative estimate of drug-likeness (QED) is 0.490. The maximum Gasteiger partial charge on any atom is 0.252 e. The van der Waals surface area contributed by atoms with Gasteiger partial charge in [-0.05, 0) is 42.8 Å². The summed E-state index contributed by atoms with van der Waals surface area (Å²) in [5.41, 5.74) is 11.0. The molecule has 1 amide bonds. The van der Waals surface area contributed by atoms with Gasteiger partial charge >= 0.3 is 0 Å². The molecule has 1 aromatic heterocycles. The van der Waals surface area contributed by atoms with Crippen molar-refractivity contribution >= 4 is 17.3 Å². The van der Waals surface area contributed by atoms with Gasteiger partial charge in [-0.3, -0.25) is 9.89 Å². The zero-order chi connectivity index (χ0) is 18.1. The van der Waals surface area contributed by atoms with Crippen LogP contribution in [0.4, 0.5) is 11.4 Å². The van der Waals surface area contributed by atoms with Gasteiger partial charge in [-0.25, -0.2) is 10.4 Å². The van der Waals surface area contributed by atoms with Crippen LogP contribution in [-0.4, -0.2) is 32.3 Å². The Morgan fingerprint density at radius 3 is 2.92 bits per heavy atom. The van der Waals surface area contributed by atoms with E-state index in [0.29, 0.717) is 11.5 Å². The van der Waals surface area contributed by atoms with Gasteiger partial charge in [-0.2, -0.15) is 5.10 Å². The summed E-state index contributed by atoms with van der Waals surface area (Å²) in [6, 6.07) is 13.4. The second kappa shape index (κ2) is 6.58. The third kappa shape index (κ3) is 3.03. The fourth-order valence-corrected chi connectivity index (χ4v) is 2.94. The molecule has 0 fully saturated rings. The average molecular weight is 350 g/mol. The standard InChI is InChI=1S/C18H18N6O2/c1-10(25)18(26)21-13-4-2-3-11(7-13)16-14-8-12(17-19-9-20-24-17)5-6-15(14)22-23-16/h2-10,16,22-23,25H,1H3,(H,21,26)(H,19,20,24). The third-order valence-electron chi connectivity index (χ3n) is 4.27. The molecule has 26 heavy (non-hydrogen) atoms. The minimum absolute atomic E-state index is 0.0868. The van der Waals surface area contributed by atoms with Crippen LogP contribution in [0.25, 0.3) is 11.4 Å². The number of nitrogens with zero attached hydrogens (tertiary/aromatic N) is 2. The molecule has 5 N–H and O–H groups in total. The van der Waals surface area contributed by atoms with Gasteiger partial charge in [0.15, 0.2) is 5.82 Å². The fourth-order valence-electron chi connectivity index (χ4n) is 2.94. The molecular weight excluding hydrogens is 332 g/mol. The van der Waals surface area contributed by atoms with Gasteiger partial charge in [-0.1, -0.05) is 12.1 Å². The lowest BCUT2D eigenvalue weighted by Gasteiger charge is -2.14. The highest BCUT2D eigenvalue weighted by molar-refractivity contribution is 5.93. The molecule has 0 saturated carbocycles. The van der Waals surface area contributed by atoms with Crippen LogP contribution in [0.3, 0.4) is 0 Å². The number of aromatic amines is 1. The van der Waals surface area contributed by atoms with Crippen molar-refractivity contribution in [3.63, 3.8) is 0 Å². The second-order valence-corrected chi connectivity index (χ2v) is 6.13. The van der Waals surface area contributed by atoms with Crippen LogP contribution in [0, 0.1) is 0 Å². The molecular formula is C18H18N6O2. The number of benzene rings is 2. The summed E-state index contributed by atoms with van der Waals surface area (Å²) in [5, 5.41) is 18.8. The molecule has 4 rings (SSSR count). The Labute approximate surface area is 149 Å². The number of rotatable bonds is 4. The van der Waals surface area contributed by atoms with Crippen LogP contribution in [0.1, 0.15) is 24.1 Å². The molecule has 1 aliphatic rings. The Hall–Kier alpha value is -3.23. The van der Waals surface area contributed by atoms with Crippen LogP contribution in [0.2, 0.25) is 0 Å². The van der Waals surface area contributed by atoms with Crippen molar-refractivity contribution in [2.75, 3.05) is 10.7 Å². The van der Waals surface area contributed by atoms with Crippen molar-refractivity contribution in [3.05, 3.63) is 59.9 Å². The molecule has 2 aromatic carbocycles. The number of aliphatic hydroxyl groups excluding tert-OH is 1. The maximum absolute atomic E-state index is 11.7. The Kier molecular flexibility index (Phi) is 4.11. The normalized spacial score (nSPS) is 16.6. The van der Waals surface area contributed by atoms with E-state index in [1.807, 2.05) is 30.3 Å². The first kappa shape index (κ1) is 16.2. The monoisotopic (exact) mass is 350 g/mol. The molecule has 1 aliphatic heterocycles. The molecule has 0 saturated heterocycles. The van der Waals surface area contributed by atoms with E-state index in [2.05, 4.69) is 37.4 Å². The van der Waals surface area contributed by atoms with Gasteiger partial charge in [0, 0.05) is 16.8 Å². The van der Waals surface area contributed by atoms with Crippen molar-refractivity contribution in [1.29, 1.82) is 0 Å². The van der Waals surface area contributed by atoms with Crippen molar-refractivity contribution in [2.24, 2.45) is 0 Å². The zero-order valence-corrected chi connectivity index (χ0v) is 14.0. The Morgan fingerprint density at radius 2 is 2.15 bits per heavy atom. The number of fused-ring (bicyclic) bond motifs is 1. The van der Waals surface area contributed by atoms with E-state index in [9.17, 15) is 9.90 Å². The molecule has 0 aliphatic carbocycles. The SMILES string of the molecule is CC(O)C(=O)Nc1cccc(C2NNc3ccc(-c4ncn[nH]4)cc32)c1. The van der Waals surface area contributed by atoms with E-state index < -0.39 is 12.0 Å². The molecule has 0 bridgehead atoms. The summed E-state index contributed by atoms with van der Waals surface area (Å²) in [7, 11) is 0. The number of H-pyrrole nitrogens is 1. The summed E-state index contributed by atoms with van der Waals surface area (Å²) in [6.45, 7) is 1.43. The van der Waals surface area contributed by atoms with Crippen LogP contribution in [0.15, 0.2) is 48.8 Å². The van der Waals surface area contributed by atoms with Gasteiger partial charge < -0.3 is 15.8 Å². The van der Waals surface area contributed by atoms with Gasteiger partial charge in [0.1, 0.15) is 12.4 Å². The average Bonchev–Trinajstić information content (AvgIpc) is 3.31. The van der Waals surface area contributed by atoms with Crippen LogP contribution in [0.5, 0.6) is 0 Å². The lowest BCUT2D eigenvalue weighted by atomic mass is 9.97. The number of amides is 1. The fraction of sp³-hybridized carbons (Fsp3) is 0.167. The Morgan fingerprint density at radius 1 is 1.27 bits per heavy atom. The van der Waals surface area contributed by atoms with Gasteiger partial charge in [-0.15, -0.1) is 0 Å². The predicted octanol–water partition coefficient (Wildman–Crippen LogP) is 1.81. The number of hydrogen-bond acceptors (Lipinski definition) is 6. The summed E-state index contributed by atoms with van der Waals surface area (Å²) >= 11 is 0. The van der Waals surface area contributed by atoms with E-state index in [1.165, 1.54) is 13.3 Å². The maximum atomic E-state index is 11.7. The molecule has 2 atom stereocenters. The highest BCUT2D eigenvalue weighted by atomic mass is 16.3. The van der Waals surface area contributed by atoms with E-state index in [1.54, 1.807) is 6.07 Å². The first-order chi connectivity index (χ1) is 12.6. The molecule has 8 nitrogen and oxygen atoms in total. The van der Waals surface area contributed by atoms with Gasteiger partial charge in [0.2, 0.25) is 0 Å². The van der Waals surface area contributed by atoms with E-state index in [0.717, 1.165) is 22.4 Å². The summed E-state index contributed by atoms with van der Waals surface area (Å²) in [5.74, 6) is 0.268. The first-order valence-corrected chi connectivity index (χ1v) is 8.22. The molecule has 2 unspecified atom stereocenters. The van der Waals surface area contributed by atoms with E-state index in [4.69, 9.17) is 0 Å². The number of hydrogen-bond donors (Lipinski definition) is 5. The topological polar surface area (TPSA) is 115 Å². The molecule has 0 spiro atoms. The largest absolute Gasteiger partial charge is 0.384 e. The van der Waals surface area contributed by atoms with Crippen molar-refractivity contribution in [3.8, 4) is 11.4 Å². The number of anilines is 2. The number of hydrazine groups is 1.